The highest BCUT2D eigenvalue weighted by Crippen LogP contribution is 2.29. The summed E-state index contributed by atoms with van der Waals surface area (Å²) >= 11 is 0. The third-order valence-corrected chi connectivity index (χ3v) is 3.20. The van der Waals surface area contributed by atoms with Crippen LogP contribution in [0.3, 0.4) is 0 Å². The molecule has 0 atom stereocenters. The van der Waals surface area contributed by atoms with Gasteiger partial charge in [0, 0.05) is 11.6 Å². The topological polar surface area (TPSA) is 47.6 Å². The summed E-state index contributed by atoms with van der Waals surface area (Å²) < 4.78 is 10.4. The minimum atomic E-state index is -0.185. The maximum atomic E-state index is 12.3. The maximum absolute atomic E-state index is 12.3. The zero-order valence-electron chi connectivity index (χ0n) is 12.9. The lowest BCUT2D eigenvalue weighted by Crippen LogP contribution is -2.13. The van der Waals surface area contributed by atoms with Gasteiger partial charge in [0.25, 0.3) is 5.91 Å². The molecule has 1 N–H and O–H groups in total. The second kappa shape index (κ2) is 7.31. The normalized spacial score (nSPS) is 11.0. The van der Waals surface area contributed by atoms with E-state index in [-0.39, 0.29) is 5.91 Å². The van der Waals surface area contributed by atoms with Crippen LogP contribution in [0, 0.1) is 0 Å². The summed E-state index contributed by atoms with van der Waals surface area (Å²) in [5.41, 5.74) is 2.16. The molecule has 0 aliphatic rings. The number of anilines is 1. The van der Waals surface area contributed by atoms with Crippen molar-refractivity contribution in [3.63, 3.8) is 0 Å². The predicted octanol–water partition coefficient (Wildman–Crippen LogP) is 3.75. The molecule has 0 radical (unpaired) electrons. The van der Waals surface area contributed by atoms with Crippen molar-refractivity contribution in [1.82, 2.24) is 0 Å². The summed E-state index contributed by atoms with van der Waals surface area (Å²) in [6.07, 6.45) is 1.84. The van der Waals surface area contributed by atoms with Crippen LogP contribution in [0.1, 0.15) is 12.5 Å². The standard InChI is InChI=1S/C18H19NO3/c1-13(11-14-7-5-4-6-8-14)18(20)19-16-12-15(21-2)9-10-17(16)22-3/h4-12H,1-3H3,(H,19,20)/b13-11-. The van der Waals surface area contributed by atoms with Gasteiger partial charge in [-0.05, 0) is 30.7 Å². The van der Waals surface area contributed by atoms with Crippen molar-refractivity contribution in [1.29, 1.82) is 0 Å². The summed E-state index contributed by atoms with van der Waals surface area (Å²) in [5, 5.41) is 2.84. The van der Waals surface area contributed by atoms with E-state index < -0.39 is 0 Å². The highest BCUT2D eigenvalue weighted by molar-refractivity contribution is 6.07. The van der Waals surface area contributed by atoms with Crippen molar-refractivity contribution in [2.75, 3.05) is 19.5 Å². The Kier molecular flexibility index (Phi) is 5.20. The molecule has 2 aromatic carbocycles. The Balaban J connectivity index is 2.19. The fraction of sp³-hybridized carbons (Fsp3) is 0.167. The molecule has 0 saturated heterocycles. The van der Waals surface area contributed by atoms with E-state index in [1.54, 1.807) is 39.3 Å². The van der Waals surface area contributed by atoms with Gasteiger partial charge in [-0.1, -0.05) is 30.3 Å². The van der Waals surface area contributed by atoms with Crippen molar-refractivity contribution in [2.45, 2.75) is 6.92 Å². The lowest BCUT2D eigenvalue weighted by atomic mass is 10.1. The Morgan fingerprint density at radius 3 is 2.41 bits per heavy atom. The molecule has 2 rings (SSSR count). The molecule has 0 unspecified atom stereocenters. The number of ether oxygens (including phenoxy) is 2. The molecule has 4 heteroatoms. The van der Waals surface area contributed by atoms with E-state index in [2.05, 4.69) is 5.32 Å². The fourth-order valence-electron chi connectivity index (χ4n) is 2.00. The van der Waals surface area contributed by atoms with Crippen LogP contribution >= 0.6 is 0 Å². The van der Waals surface area contributed by atoms with Gasteiger partial charge >= 0.3 is 0 Å². The quantitative estimate of drug-likeness (QED) is 0.855. The van der Waals surface area contributed by atoms with E-state index in [4.69, 9.17) is 9.47 Å². The Morgan fingerprint density at radius 1 is 1.05 bits per heavy atom. The van der Waals surface area contributed by atoms with Gasteiger partial charge in [-0.25, -0.2) is 0 Å². The third-order valence-electron chi connectivity index (χ3n) is 3.20. The average molecular weight is 297 g/mol. The van der Waals surface area contributed by atoms with Crippen LogP contribution in [0.25, 0.3) is 6.08 Å². The number of carbonyl (C=O) groups excluding carboxylic acids is 1. The van der Waals surface area contributed by atoms with Gasteiger partial charge in [0.2, 0.25) is 0 Å². The number of rotatable bonds is 5. The largest absolute Gasteiger partial charge is 0.497 e. The molecule has 4 nitrogen and oxygen atoms in total. The maximum Gasteiger partial charge on any atom is 0.251 e. The van der Waals surface area contributed by atoms with Gasteiger partial charge in [0.15, 0.2) is 0 Å². The zero-order chi connectivity index (χ0) is 15.9. The van der Waals surface area contributed by atoms with Crippen LogP contribution in [0.15, 0.2) is 54.1 Å². The van der Waals surface area contributed by atoms with Crippen molar-refractivity contribution >= 4 is 17.7 Å². The van der Waals surface area contributed by atoms with Crippen LogP contribution in [0.4, 0.5) is 5.69 Å². The number of nitrogens with one attached hydrogen (secondary N) is 1. The molecule has 22 heavy (non-hydrogen) atoms. The molecule has 1 amide bonds. The van der Waals surface area contributed by atoms with Crippen LogP contribution in [-0.4, -0.2) is 20.1 Å². The molecule has 114 valence electrons. The van der Waals surface area contributed by atoms with Crippen molar-refractivity contribution < 1.29 is 14.3 Å². The molecule has 0 heterocycles. The van der Waals surface area contributed by atoms with Crippen molar-refractivity contribution in [2.24, 2.45) is 0 Å². The van der Waals surface area contributed by atoms with E-state index in [0.29, 0.717) is 22.8 Å². The zero-order valence-corrected chi connectivity index (χ0v) is 12.9. The second-order valence-electron chi connectivity index (χ2n) is 4.76. The van der Waals surface area contributed by atoms with Gasteiger partial charge in [-0.15, -0.1) is 0 Å². The van der Waals surface area contributed by atoms with Crippen LogP contribution in [-0.2, 0) is 4.79 Å². The highest BCUT2D eigenvalue weighted by atomic mass is 16.5. The van der Waals surface area contributed by atoms with Crippen molar-refractivity contribution in [3.05, 3.63) is 59.7 Å². The molecule has 0 saturated carbocycles. The van der Waals surface area contributed by atoms with E-state index in [0.717, 1.165) is 5.56 Å². The lowest BCUT2D eigenvalue weighted by Gasteiger charge is -2.12. The molecule has 0 bridgehead atoms. The Morgan fingerprint density at radius 2 is 1.77 bits per heavy atom. The van der Waals surface area contributed by atoms with E-state index >= 15 is 0 Å². The average Bonchev–Trinajstić information content (AvgIpc) is 2.55. The van der Waals surface area contributed by atoms with E-state index in [1.165, 1.54) is 0 Å². The van der Waals surface area contributed by atoms with Gasteiger partial charge in [0.1, 0.15) is 11.5 Å². The minimum absolute atomic E-state index is 0.185. The van der Waals surface area contributed by atoms with E-state index in [1.807, 2.05) is 36.4 Å². The monoisotopic (exact) mass is 297 g/mol. The fourth-order valence-corrected chi connectivity index (χ4v) is 2.00. The Hall–Kier alpha value is -2.75. The predicted molar refractivity (Wildman–Crippen MR) is 88.3 cm³/mol. The van der Waals surface area contributed by atoms with Gasteiger partial charge in [-0.3, -0.25) is 4.79 Å². The Bertz CT molecular complexity index is 678. The van der Waals surface area contributed by atoms with Crippen LogP contribution in [0.5, 0.6) is 11.5 Å². The molecule has 0 aliphatic heterocycles. The van der Waals surface area contributed by atoms with Gasteiger partial charge in [-0.2, -0.15) is 0 Å². The number of carbonyl (C=O) groups is 1. The number of benzene rings is 2. The first kappa shape index (κ1) is 15.6. The summed E-state index contributed by atoms with van der Waals surface area (Å²) in [5.74, 6) is 1.05. The van der Waals surface area contributed by atoms with Crippen molar-refractivity contribution in [3.8, 4) is 11.5 Å². The number of hydrogen-bond acceptors (Lipinski definition) is 3. The first-order valence-corrected chi connectivity index (χ1v) is 6.90. The summed E-state index contributed by atoms with van der Waals surface area (Å²) in [4.78, 5) is 12.3. The molecule has 0 aliphatic carbocycles. The molecular formula is C18H19NO3. The third kappa shape index (κ3) is 3.88. The smallest absolute Gasteiger partial charge is 0.251 e. The van der Waals surface area contributed by atoms with Gasteiger partial charge < -0.3 is 14.8 Å². The van der Waals surface area contributed by atoms with Gasteiger partial charge in [0.05, 0.1) is 19.9 Å². The highest BCUT2D eigenvalue weighted by Gasteiger charge is 2.10. The number of amides is 1. The first-order chi connectivity index (χ1) is 10.6. The first-order valence-electron chi connectivity index (χ1n) is 6.90. The second-order valence-corrected chi connectivity index (χ2v) is 4.76. The SMILES string of the molecule is COc1ccc(OC)c(NC(=O)/C(C)=C\c2ccccc2)c1. The van der Waals surface area contributed by atoms with Crippen LogP contribution < -0.4 is 14.8 Å². The van der Waals surface area contributed by atoms with E-state index in [9.17, 15) is 4.79 Å². The minimum Gasteiger partial charge on any atom is -0.497 e. The molecule has 0 aromatic heterocycles. The lowest BCUT2D eigenvalue weighted by molar-refractivity contribution is -0.112. The molecule has 0 fully saturated rings. The number of methoxy groups -OCH3 is 2. The Labute approximate surface area is 130 Å². The molecule has 0 spiro atoms. The summed E-state index contributed by atoms with van der Waals surface area (Å²) in [7, 11) is 3.14. The molecular weight excluding hydrogens is 278 g/mol. The molecule has 2 aromatic rings. The summed E-state index contributed by atoms with van der Waals surface area (Å²) in [6.45, 7) is 1.77. The summed E-state index contributed by atoms with van der Waals surface area (Å²) in [6, 6.07) is 15.0. The van der Waals surface area contributed by atoms with Crippen LogP contribution in [0.2, 0.25) is 0 Å². The number of hydrogen-bond donors (Lipinski definition) is 1.